The number of hydrogen-bond donors (Lipinski definition) is 1. The minimum Gasteiger partial charge on any atom is -0.397 e. The van der Waals surface area contributed by atoms with Crippen molar-refractivity contribution in [3.8, 4) is 0 Å². The van der Waals surface area contributed by atoms with Gasteiger partial charge in [-0.2, -0.15) is 0 Å². The summed E-state index contributed by atoms with van der Waals surface area (Å²) in [6, 6.07) is 18.7. The number of pyridine rings is 1. The molecule has 2 aromatic heterocycles. The third-order valence-corrected chi connectivity index (χ3v) is 4.09. The van der Waals surface area contributed by atoms with Crippen LogP contribution in [0, 0.1) is 6.92 Å². The predicted molar refractivity (Wildman–Crippen MR) is 91.9 cm³/mol. The number of benzene rings is 2. The summed E-state index contributed by atoms with van der Waals surface area (Å²) in [5.41, 5.74) is 11.5. The first-order valence-corrected chi connectivity index (χ1v) is 7.41. The van der Waals surface area contributed by atoms with E-state index in [-0.39, 0.29) is 0 Å². The van der Waals surface area contributed by atoms with Crippen molar-refractivity contribution < 1.29 is 0 Å². The van der Waals surface area contributed by atoms with E-state index in [0.29, 0.717) is 0 Å². The smallest absolute Gasteiger partial charge is 0.0708 e. The molecule has 0 fully saturated rings. The van der Waals surface area contributed by atoms with Crippen LogP contribution in [0.3, 0.4) is 0 Å². The Morgan fingerprint density at radius 3 is 2.59 bits per heavy atom. The summed E-state index contributed by atoms with van der Waals surface area (Å²) in [6.07, 6.45) is 2.02. The van der Waals surface area contributed by atoms with Gasteiger partial charge in [-0.3, -0.25) is 4.98 Å². The van der Waals surface area contributed by atoms with Crippen LogP contribution in [0.5, 0.6) is 0 Å². The van der Waals surface area contributed by atoms with Crippen molar-refractivity contribution in [1.82, 2.24) is 9.55 Å². The summed E-state index contributed by atoms with van der Waals surface area (Å²) in [5.74, 6) is 0. The molecule has 2 N–H and O–H groups in total. The molecule has 0 amide bonds. The largest absolute Gasteiger partial charge is 0.397 e. The summed E-state index contributed by atoms with van der Waals surface area (Å²) in [4.78, 5) is 4.61. The zero-order chi connectivity index (χ0) is 15.1. The maximum Gasteiger partial charge on any atom is 0.0708 e. The molecule has 0 saturated heterocycles. The van der Waals surface area contributed by atoms with Gasteiger partial charge in [0.25, 0.3) is 0 Å². The number of nitrogens with zero attached hydrogens (tertiary/aromatic N) is 2. The number of para-hydroxylation sites is 2. The minimum atomic E-state index is 0.793. The second-order valence-corrected chi connectivity index (χ2v) is 5.67. The van der Waals surface area contributed by atoms with Gasteiger partial charge in [-0.05, 0) is 30.7 Å². The fourth-order valence-electron chi connectivity index (χ4n) is 3.12. The quantitative estimate of drug-likeness (QED) is 0.602. The minimum absolute atomic E-state index is 0.793. The third kappa shape index (κ3) is 2.02. The van der Waals surface area contributed by atoms with Gasteiger partial charge < -0.3 is 10.3 Å². The molecule has 0 aliphatic carbocycles. The van der Waals surface area contributed by atoms with E-state index in [0.717, 1.165) is 28.8 Å². The Balaban J connectivity index is 1.89. The first-order valence-electron chi connectivity index (χ1n) is 7.41. The maximum absolute atomic E-state index is 6.14. The Bertz CT molecular complexity index is 982. The molecule has 4 aromatic rings. The van der Waals surface area contributed by atoms with Crippen LogP contribution in [-0.2, 0) is 6.54 Å². The molecule has 108 valence electrons. The van der Waals surface area contributed by atoms with Crippen molar-refractivity contribution in [2.45, 2.75) is 13.5 Å². The molecule has 0 radical (unpaired) electrons. The van der Waals surface area contributed by atoms with Crippen LogP contribution in [0.15, 0.2) is 60.8 Å². The molecule has 3 heteroatoms. The van der Waals surface area contributed by atoms with Crippen LogP contribution in [0.4, 0.5) is 5.69 Å². The van der Waals surface area contributed by atoms with E-state index in [4.69, 9.17) is 5.73 Å². The standard InChI is InChI=1S/C19H17N3/c1-13-10-14(15-6-2-4-8-18(15)21-13)11-22-12-17(20)16-7-3-5-9-19(16)22/h2-10,12H,11,20H2,1H3. The van der Waals surface area contributed by atoms with Crippen molar-refractivity contribution in [3.63, 3.8) is 0 Å². The van der Waals surface area contributed by atoms with E-state index in [9.17, 15) is 0 Å². The highest BCUT2D eigenvalue weighted by Crippen LogP contribution is 2.26. The lowest BCUT2D eigenvalue weighted by Gasteiger charge is -2.10. The van der Waals surface area contributed by atoms with E-state index in [1.807, 2.05) is 31.3 Å². The molecule has 2 aromatic carbocycles. The highest BCUT2D eigenvalue weighted by Gasteiger charge is 2.08. The summed E-state index contributed by atoms with van der Waals surface area (Å²) in [6.45, 7) is 2.83. The third-order valence-electron chi connectivity index (χ3n) is 4.09. The Morgan fingerprint density at radius 1 is 1.00 bits per heavy atom. The molecule has 22 heavy (non-hydrogen) atoms. The second-order valence-electron chi connectivity index (χ2n) is 5.67. The van der Waals surface area contributed by atoms with Gasteiger partial charge in [0.05, 0.1) is 16.7 Å². The summed E-state index contributed by atoms with van der Waals surface area (Å²) in [7, 11) is 0. The summed E-state index contributed by atoms with van der Waals surface area (Å²) < 4.78 is 2.21. The van der Waals surface area contributed by atoms with Gasteiger partial charge in [-0.15, -0.1) is 0 Å². The van der Waals surface area contributed by atoms with Crippen LogP contribution in [0.1, 0.15) is 11.3 Å². The zero-order valence-electron chi connectivity index (χ0n) is 12.5. The van der Waals surface area contributed by atoms with E-state index in [2.05, 4.69) is 45.9 Å². The fourth-order valence-corrected chi connectivity index (χ4v) is 3.12. The van der Waals surface area contributed by atoms with E-state index >= 15 is 0 Å². The van der Waals surface area contributed by atoms with Crippen molar-refractivity contribution in [2.24, 2.45) is 0 Å². The van der Waals surface area contributed by atoms with E-state index in [1.54, 1.807) is 0 Å². The average Bonchev–Trinajstić information content (AvgIpc) is 2.84. The Hall–Kier alpha value is -2.81. The fraction of sp³-hybridized carbons (Fsp3) is 0.105. The van der Waals surface area contributed by atoms with E-state index < -0.39 is 0 Å². The van der Waals surface area contributed by atoms with Gasteiger partial charge in [0.2, 0.25) is 0 Å². The number of nitrogens with two attached hydrogens (primary N) is 1. The molecule has 0 atom stereocenters. The van der Waals surface area contributed by atoms with Crippen LogP contribution >= 0.6 is 0 Å². The van der Waals surface area contributed by atoms with Gasteiger partial charge in [-0.25, -0.2) is 0 Å². The number of anilines is 1. The molecule has 4 rings (SSSR count). The first-order chi connectivity index (χ1) is 10.7. The van der Waals surface area contributed by atoms with Gasteiger partial charge in [0.15, 0.2) is 0 Å². The second kappa shape index (κ2) is 4.88. The van der Waals surface area contributed by atoms with Crippen molar-refractivity contribution in [1.29, 1.82) is 0 Å². The first kappa shape index (κ1) is 12.9. The summed E-state index contributed by atoms with van der Waals surface area (Å²) >= 11 is 0. The Morgan fingerprint density at radius 2 is 1.73 bits per heavy atom. The molecule has 0 bridgehead atoms. The number of hydrogen-bond acceptors (Lipinski definition) is 2. The van der Waals surface area contributed by atoms with Crippen LogP contribution in [0.2, 0.25) is 0 Å². The summed E-state index contributed by atoms with van der Waals surface area (Å²) in [5, 5.41) is 2.31. The molecule has 0 aliphatic heterocycles. The number of aromatic nitrogens is 2. The Labute approximate surface area is 129 Å². The molecule has 2 heterocycles. The van der Waals surface area contributed by atoms with E-state index in [1.165, 1.54) is 16.5 Å². The normalized spacial score (nSPS) is 11.3. The highest BCUT2D eigenvalue weighted by molar-refractivity contribution is 5.92. The van der Waals surface area contributed by atoms with Crippen molar-refractivity contribution in [2.75, 3.05) is 5.73 Å². The van der Waals surface area contributed by atoms with Gasteiger partial charge in [0, 0.05) is 29.2 Å². The lowest BCUT2D eigenvalue weighted by atomic mass is 10.1. The topological polar surface area (TPSA) is 43.8 Å². The van der Waals surface area contributed by atoms with Crippen LogP contribution in [-0.4, -0.2) is 9.55 Å². The number of aryl methyl sites for hydroxylation is 1. The molecule has 0 unspecified atom stereocenters. The molecular formula is C19H17N3. The molecule has 0 aliphatic rings. The van der Waals surface area contributed by atoms with Gasteiger partial charge >= 0.3 is 0 Å². The van der Waals surface area contributed by atoms with Crippen LogP contribution in [0.25, 0.3) is 21.8 Å². The lowest BCUT2D eigenvalue weighted by Crippen LogP contribution is -2.00. The maximum atomic E-state index is 6.14. The molecular weight excluding hydrogens is 270 g/mol. The Kier molecular flexibility index (Phi) is 2.86. The lowest BCUT2D eigenvalue weighted by molar-refractivity contribution is 0.841. The number of fused-ring (bicyclic) bond motifs is 2. The predicted octanol–water partition coefficient (Wildman–Crippen LogP) is 4.13. The monoisotopic (exact) mass is 287 g/mol. The molecule has 0 saturated carbocycles. The SMILES string of the molecule is Cc1cc(Cn2cc(N)c3ccccc32)c2ccccc2n1. The van der Waals surface area contributed by atoms with Crippen molar-refractivity contribution >= 4 is 27.5 Å². The zero-order valence-corrected chi connectivity index (χ0v) is 12.5. The molecule has 0 spiro atoms. The number of rotatable bonds is 2. The van der Waals surface area contributed by atoms with Crippen molar-refractivity contribution in [3.05, 3.63) is 72.1 Å². The van der Waals surface area contributed by atoms with Crippen LogP contribution < -0.4 is 5.73 Å². The van der Waals surface area contributed by atoms with Gasteiger partial charge in [-0.1, -0.05) is 36.4 Å². The molecule has 3 nitrogen and oxygen atoms in total. The van der Waals surface area contributed by atoms with Gasteiger partial charge in [0.1, 0.15) is 0 Å². The highest BCUT2D eigenvalue weighted by atomic mass is 15.0. The average molecular weight is 287 g/mol. The number of nitrogen functional groups attached to an aromatic ring is 1.